The van der Waals surface area contributed by atoms with Crippen LogP contribution >= 0.6 is 65.7 Å². The Labute approximate surface area is 266 Å². The molecule has 0 unspecified atom stereocenters. The summed E-state index contributed by atoms with van der Waals surface area (Å²) in [5.41, 5.74) is 0. The zero-order valence-electron chi connectivity index (χ0n) is 23.7. The summed E-state index contributed by atoms with van der Waals surface area (Å²) in [5.74, 6) is 0. The third-order valence-corrected chi connectivity index (χ3v) is 5.43. The number of rotatable bonds is 12. The first-order valence-corrected chi connectivity index (χ1v) is 19.6. The predicted molar refractivity (Wildman–Crippen MR) is 168 cm³/mol. The Morgan fingerprint density at radius 1 is 0.811 bits per heavy atom. The molecule has 0 bridgehead atoms. The van der Waals surface area contributed by atoms with E-state index in [1.165, 1.54) is 39.3 Å². The van der Waals surface area contributed by atoms with Crippen LogP contribution in [-0.4, -0.2) is 108 Å². The average Bonchev–Trinajstić information content (AvgIpc) is 2.77. The third-order valence-electron chi connectivity index (χ3n) is 3.71. The fraction of sp³-hybridized carbons (Fsp3) is 1.00. The first-order chi connectivity index (χ1) is 16.6. The lowest BCUT2D eigenvalue weighted by atomic mass is 10.5. The van der Waals surface area contributed by atoms with Crippen LogP contribution in [0.1, 0.15) is 54.4 Å². The van der Waals surface area contributed by atoms with Crippen molar-refractivity contribution in [1.29, 1.82) is 0 Å². The normalized spacial score (nSPS) is 9.95. The van der Waals surface area contributed by atoms with Crippen LogP contribution in [0.25, 0.3) is 0 Å². The molecule has 0 amide bonds. The van der Waals surface area contributed by atoms with Crippen LogP contribution in [0.5, 0.6) is 0 Å². The van der Waals surface area contributed by atoms with E-state index in [-0.39, 0.29) is 24.4 Å². The fourth-order valence-corrected chi connectivity index (χ4v) is 2.65. The van der Waals surface area contributed by atoms with Crippen molar-refractivity contribution < 1.29 is 43.4 Å². The Bertz CT molecular complexity index is 542. The topological polar surface area (TPSA) is 105 Å². The molecule has 0 saturated heterocycles. The first-order valence-electron chi connectivity index (χ1n) is 11.7. The molecule has 0 saturated carbocycles. The van der Waals surface area contributed by atoms with Crippen molar-refractivity contribution in [3.8, 4) is 0 Å². The van der Waals surface area contributed by atoms with Crippen molar-refractivity contribution in [2.75, 3.05) is 81.0 Å². The summed E-state index contributed by atoms with van der Waals surface area (Å²) < 4.78 is 43.7. The molecule has 0 heterocycles. The first kappa shape index (κ1) is 54.9. The van der Waals surface area contributed by atoms with E-state index in [1.807, 2.05) is 0 Å². The number of alkyl halides is 4. The largest absolute Gasteiger partial charge is 1.00 e. The SMILES string of the molecule is CCN(CC)CC.CC[NH+](CC)CC.CS(=O)(=O)Cl.CS(=O)(=O)OCCCBr.ClCCl.OCCCBr.[Cl-]. The van der Waals surface area contributed by atoms with E-state index in [0.29, 0.717) is 13.0 Å². The smallest absolute Gasteiger partial charge is 0.264 e. The lowest BCUT2D eigenvalue weighted by Gasteiger charge is -2.13. The average molecular weight is 794 g/mol. The van der Waals surface area contributed by atoms with E-state index < -0.39 is 19.2 Å². The van der Waals surface area contributed by atoms with Crippen LogP contribution in [0.15, 0.2) is 0 Å². The van der Waals surface area contributed by atoms with Crippen LogP contribution in [0.4, 0.5) is 0 Å². The van der Waals surface area contributed by atoms with Gasteiger partial charge in [-0.3, -0.25) is 4.18 Å². The van der Waals surface area contributed by atoms with Crippen molar-refractivity contribution in [3.05, 3.63) is 0 Å². The van der Waals surface area contributed by atoms with Gasteiger partial charge >= 0.3 is 0 Å². The molecule has 0 aromatic heterocycles. The molecule has 0 aromatic carbocycles. The van der Waals surface area contributed by atoms with E-state index >= 15 is 0 Å². The van der Waals surface area contributed by atoms with Gasteiger partial charge < -0.3 is 27.3 Å². The highest BCUT2D eigenvalue weighted by Gasteiger charge is 1.98. The van der Waals surface area contributed by atoms with Gasteiger partial charge in [0.05, 0.1) is 44.1 Å². The molecule has 16 heteroatoms. The second-order valence-corrected chi connectivity index (χ2v) is 13.6. The number of halogens is 6. The van der Waals surface area contributed by atoms with Crippen LogP contribution in [0.3, 0.4) is 0 Å². The van der Waals surface area contributed by atoms with Crippen molar-refractivity contribution >= 4 is 84.9 Å². The molecule has 0 radical (unpaired) electrons. The van der Waals surface area contributed by atoms with Gasteiger partial charge in [-0.2, -0.15) is 8.42 Å². The van der Waals surface area contributed by atoms with E-state index in [2.05, 4.69) is 93.2 Å². The van der Waals surface area contributed by atoms with Gasteiger partial charge in [0.2, 0.25) is 9.05 Å². The maximum Gasteiger partial charge on any atom is 0.264 e. The van der Waals surface area contributed by atoms with Gasteiger partial charge in [0.15, 0.2) is 0 Å². The minimum Gasteiger partial charge on any atom is -1.00 e. The molecule has 0 atom stereocenters. The quantitative estimate of drug-likeness (QED) is 0.133. The second kappa shape index (κ2) is 44.9. The molecular formula is C21H52Br2Cl4N2O6S2. The standard InChI is InChI=1S/2C6H15N.C4H9BrO3S.C3H7BrO.CH2Cl2.CH3ClO2S.ClH/c2*1-4-7(5-2)6-3;1-9(6,7)8-4-2-3-5;4-2-1-3-5;2-1-3;1-5(2,3)4;/h2*4-6H2,1-3H3;2-4H2,1H3;5H,1-3H2;1H2;1H3;1H. The lowest BCUT2D eigenvalue weighted by molar-refractivity contribution is -0.894. The van der Waals surface area contributed by atoms with Crippen molar-refractivity contribution in [1.82, 2.24) is 4.90 Å². The van der Waals surface area contributed by atoms with E-state index in [4.69, 9.17) is 28.3 Å². The molecule has 0 aromatic rings. The van der Waals surface area contributed by atoms with Gasteiger partial charge in [-0.1, -0.05) is 52.6 Å². The third kappa shape index (κ3) is 102. The predicted octanol–water partition coefficient (Wildman–Crippen LogP) is 1.40. The summed E-state index contributed by atoms with van der Waals surface area (Å²) in [6.07, 6.45) is 3.54. The number of nitrogens with one attached hydrogen (secondary N) is 1. The van der Waals surface area contributed by atoms with Gasteiger partial charge in [-0.25, -0.2) is 8.42 Å². The highest BCUT2D eigenvalue weighted by molar-refractivity contribution is 9.09. The van der Waals surface area contributed by atoms with Crippen LogP contribution in [0.2, 0.25) is 0 Å². The Balaban J connectivity index is -0.0000000597. The van der Waals surface area contributed by atoms with Crippen LogP contribution in [-0.2, 0) is 23.4 Å². The fourth-order valence-electron chi connectivity index (χ4n) is 1.75. The second-order valence-electron chi connectivity index (χ2n) is 6.55. The Kier molecular flexibility index (Phi) is 66.5. The summed E-state index contributed by atoms with van der Waals surface area (Å²) in [6.45, 7) is 21.2. The molecule has 0 spiro atoms. The molecule has 0 rings (SSSR count). The minimum absolute atomic E-state index is 0. The minimum atomic E-state index is -3.22. The number of hydrogen-bond acceptors (Lipinski definition) is 7. The maximum atomic E-state index is 10.3. The summed E-state index contributed by atoms with van der Waals surface area (Å²) in [4.78, 5) is 4.06. The molecule has 0 aliphatic rings. The summed E-state index contributed by atoms with van der Waals surface area (Å²) >= 11 is 15.8. The molecule has 236 valence electrons. The van der Waals surface area contributed by atoms with Crippen LogP contribution in [0, 0.1) is 0 Å². The molecular weight excluding hydrogens is 742 g/mol. The van der Waals surface area contributed by atoms with Gasteiger partial charge in [0, 0.05) is 27.9 Å². The highest BCUT2D eigenvalue weighted by Crippen LogP contribution is 1.92. The van der Waals surface area contributed by atoms with E-state index in [9.17, 15) is 16.8 Å². The monoisotopic (exact) mass is 790 g/mol. The number of aliphatic hydroxyl groups excluding tert-OH is 1. The molecule has 0 aliphatic heterocycles. The maximum absolute atomic E-state index is 10.3. The number of hydrogen-bond donors (Lipinski definition) is 2. The zero-order chi connectivity index (χ0) is 30.1. The van der Waals surface area contributed by atoms with Gasteiger partial charge in [0.25, 0.3) is 10.1 Å². The summed E-state index contributed by atoms with van der Waals surface area (Å²) in [6, 6.07) is 0. The number of nitrogens with zero attached hydrogens (tertiary/aromatic N) is 1. The summed E-state index contributed by atoms with van der Waals surface area (Å²) in [5, 5.41) is 9.90. The Morgan fingerprint density at radius 2 is 1.11 bits per heavy atom. The number of aliphatic hydroxyl groups is 1. The van der Waals surface area contributed by atoms with Crippen molar-refractivity contribution in [3.63, 3.8) is 0 Å². The Morgan fingerprint density at radius 3 is 1.19 bits per heavy atom. The molecule has 8 nitrogen and oxygen atoms in total. The molecule has 2 N–H and O–H groups in total. The van der Waals surface area contributed by atoms with Gasteiger partial charge in [-0.05, 0) is 53.2 Å². The van der Waals surface area contributed by atoms with Crippen molar-refractivity contribution in [2.24, 2.45) is 0 Å². The number of quaternary nitrogens is 1. The molecule has 0 fully saturated rings. The lowest BCUT2D eigenvalue weighted by Crippen LogP contribution is -3.11. The Hall–Kier alpha value is 1.86. The van der Waals surface area contributed by atoms with E-state index in [1.54, 1.807) is 4.90 Å². The van der Waals surface area contributed by atoms with Gasteiger partial charge in [-0.15, -0.1) is 23.2 Å². The summed E-state index contributed by atoms with van der Waals surface area (Å²) in [7, 11) is -1.91. The van der Waals surface area contributed by atoms with E-state index in [0.717, 1.165) is 29.6 Å². The van der Waals surface area contributed by atoms with Crippen molar-refractivity contribution in [2.45, 2.75) is 54.4 Å². The van der Waals surface area contributed by atoms with Gasteiger partial charge in [0.1, 0.15) is 0 Å². The zero-order valence-corrected chi connectivity index (χ0v) is 31.5. The van der Waals surface area contributed by atoms with Crippen LogP contribution < -0.4 is 17.3 Å². The molecule has 37 heavy (non-hydrogen) atoms. The highest BCUT2D eigenvalue weighted by atomic mass is 79.9. The molecule has 0 aliphatic carbocycles.